The lowest BCUT2D eigenvalue weighted by atomic mass is 10.1. The number of rotatable bonds is 5. The molecule has 2 unspecified atom stereocenters. The van der Waals surface area contributed by atoms with Crippen LogP contribution in [0.2, 0.25) is 0 Å². The first kappa shape index (κ1) is 15.3. The van der Waals surface area contributed by atoms with Gasteiger partial charge in [-0.3, -0.25) is 4.79 Å². The van der Waals surface area contributed by atoms with Crippen LogP contribution in [0.25, 0.3) is 0 Å². The zero-order chi connectivity index (χ0) is 14.6. The second kappa shape index (κ2) is 6.43. The molecule has 0 aliphatic heterocycles. The van der Waals surface area contributed by atoms with Gasteiger partial charge in [0.25, 0.3) is 5.91 Å². The normalized spacial score (nSPS) is 13.7. The third-order valence-corrected chi connectivity index (χ3v) is 2.80. The SMILES string of the molecule is CC(O)CC(C)Nc1ccc(C(=O)N(C)C)cc1N. The van der Waals surface area contributed by atoms with Crippen molar-refractivity contribution in [1.82, 2.24) is 4.90 Å². The van der Waals surface area contributed by atoms with Crippen molar-refractivity contribution in [2.24, 2.45) is 0 Å². The Kier molecular flexibility index (Phi) is 5.18. The number of nitrogens with one attached hydrogen (secondary N) is 1. The summed E-state index contributed by atoms with van der Waals surface area (Å²) in [7, 11) is 3.41. The highest BCUT2D eigenvalue weighted by molar-refractivity contribution is 5.95. The number of benzene rings is 1. The number of amides is 1. The molecular weight excluding hydrogens is 242 g/mol. The Labute approximate surface area is 114 Å². The molecular formula is C14H23N3O2. The molecule has 1 aromatic rings. The number of carbonyl (C=O) groups excluding carboxylic acids is 1. The maximum absolute atomic E-state index is 11.8. The fraction of sp³-hybridized carbons (Fsp3) is 0.500. The van der Waals surface area contributed by atoms with E-state index in [0.717, 1.165) is 5.69 Å². The van der Waals surface area contributed by atoms with E-state index >= 15 is 0 Å². The van der Waals surface area contributed by atoms with Crippen molar-refractivity contribution >= 4 is 17.3 Å². The molecule has 0 fully saturated rings. The Balaban J connectivity index is 2.80. The molecule has 0 aliphatic rings. The predicted molar refractivity (Wildman–Crippen MR) is 78.3 cm³/mol. The van der Waals surface area contributed by atoms with Gasteiger partial charge in [0.2, 0.25) is 0 Å². The van der Waals surface area contributed by atoms with Crippen molar-refractivity contribution < 1.29 is 9.90 Å². The minimum atomic E-state index is -0.363. The summed E-state index contributed by atoms with van der Waals surface area (Å²) in [5, 5.41) is 12.6. The molecule has 0 saturated carbocycles. The number of aliphatic hydroxyl groups excluding tert-OH is 1. The Morgan fingerprint density at radius 3 is 2.53 bits per heavy atom. The van der Waals surface area contributed by atoms with Gasteiger partial charge < -0.3 is 21.1 Å². The smallest absolute Gasteiger partial charge is 0.253 e. The molecule has 4 N–H and O–H groups in total. The van der Waals surface area contributed by atoms with E-state index in [1.54, 1.807) is 39.2 Å². The highest BCUT2D eigenvalue weighted by atomic mass is 16.3. The second-order valence-electron chi connectivity index (χ2n) is 5.13. The molecule has 0 aromatic heterocycles. The monoisotopic (exact) mass is 265 g/mol. The van der Waals surface area contributed by atoms with E-state index in [4.69, 9.17) is 5.73 Å². The molecule has 0 saturated heterocycles. The molecule has 0 aliphatic carbocycles. The molecule has 0 radical (unpaired) electrons. The van der Waals surface area contributed by atoms with Gasteiger partial charge in [0.1, 0.15) is 0 Å². The Morgan fingerprint density at radius 2 is 2.05 bits per heavy atom. The van der Waals surface area contributed by atoms with Crippen molar-refractivity contribution in [1.29, 1.82) is 0 Å². The molecule has 1 amide bonds. The largest absolute Gasteiger partial charge is 0.397 e. The van der Waals surface area contributed by atoms with E-state index in [2.05, 4.69) is 5.32 Å². The van der Waals surface area contributed by atoms with Gasteiger partial charge in [0, 0.05) is 25.7 Å². The third kappa shape index (κ3) is 4.44. The van der Waals surface area contributed by atoms with Gasteiger partial charge in [-0.2, -0.15) is 0 Å². The summed E-state index contributed by atoms with van der Waals surface area (Å²) < 4.78 is 0. The van der Waals surface area contributed by atoms with Crippen LogP contribution in [-0.2, 0) is 0 Å². The van der Waals surface area contributed by atoms with Crippen LogP contribution in [0.5, 0.6) is 0 Å². The van der Waals surface area contributed by atoms with Crippen LogP contribution < -0.4 is 11.1 Å². The van der Waals surface area contributed by atoms with Crippen molar-refractivity contribution in [2.75, 3.05) is 25.1 Å². The van der Waals surface area contributed by atoms with Crippen LogP contribution in [-0.4, -0.2) is 42.2 Å². The van der Waals surface area contributed by atoms with Gasteiger partial charge in [0.15, 0.2) is 0 Å². The van der Waals surface area contributed by atoms with Crippen molar-refractivity contribution in [3.05, 3.63) is 23.8 Å². The first-order chi connectivity index (χ1) is 8.81. The van der Waals surface area contributed by atoms with Crippen LogP contribution in [0.1, 0.15) is 30.6 Å². The fourth-order valence-electron chi connectivity index (χ4n) is 1.92. The quantitative estimate of drug-likeness (QED) is 0.706. The molecule has 2 atom stereocenters. The number of hydrogen-bond donors (Lipinski definition) is 3. The lowest BCUT2D eigenvalue weighted by Gasteiger charge is -2.19. The first-order valence-corrected chi connectivity index (χ1v) is 6.37. The zero-order valence-corrected chi connectivity index (χ0v) is 12.0. The van der Waals surface area contributed by atoms with Crippen LogP contribution in [0.4, 0.5) is 11.4 Å². The molecule has 5 nitrogen and oxygen atoms in total. The third-order valence-electron chi connectivity index (χ3n) is 2.80. The maximum Gasteiger partial charge on any atom is 0.253 e. The zero-order valence-electron chi connectivity index (χ0n) is 12.0. The number of carbonyl (C=O) groups is 1. The molecule has 0 heterocycles. The lowest BCUT2D eigenvalue weighted by Crippen LogP contribution is -2.23. The molecule has 1 aromatic carbocycles. The Hall–Kier alpha value is -1.75. The highest BCUT2D eigenvalue weighted by Gasteiger charge is 2.12. The van der Waals surface area contributed by atoms with E-state index in [0.29, 0.717) is 17.7 Å². The van der Waals surface area contributed by atoms with Gasteiger partial charge in [0.05, 0.1) is 17.5 Å². The summed E-state index contributed by atoms with van der Waals surface area (Å²) in [5.74, 6) is -0.0738. The summed E-state index contributed by atoms with van der Waals surface area (Å²) in [6.07, 6.45) is 0.274. The van der Waals surface area contributed by atoms with Crippen LogP contribution in [0.15, 0.2) is 18.2 Å². The minimum absolute atomic E-state index is 0.0738. The summed E-state index contributed by atoms with van der Waals surface area (Å²) in [5.41, 5.74) is 7.82. The molecule has 1 rings (SSSR count). The van der Waals surface area contributed by atoms with E-state index in [1.807, 2.05) is 6.92 Å². The summed E-state index contributed by atoms with van der Waals surface area (Å²) >= 11 is 0. The van der Waals surface area contributed by atoms with E-state index < -0.39 is 0 Å². The van der Waals surface area contributed by atoms with E-state index in [1.165, 1.54) is 4.90 Å². The van der Waals surface area contributed by atoms with Crippen LogP contribution in [0, 0.1) is 0 Å². The number of aliphatic hydroxyl groups is 1. The fourth-order valence-corrected chi connectivity index (χ4v) is 1.92. The predicted octanol–water partition coefficient (Wildman–Crippen LogP) is 1.54. The van der Waals surface area contributed by atoms with Crippen LogP contribution in [0.3, 0.4) is 0 Å². The highest BCUT2D eigenvalue weighted by Crippen LogP contribution is 2.22. The topological polar surface area (TPSA) is 78.6 Å². The number of hydrogen-bond acceptors (Lipinski definition) is 4. The van der Waals surface area contributed by atoms with Crippen molar-refractivity contribution in [3.8, 4) is 0 Å². The number of nitrogens with two attached hydrogens (primary N) is 1. The van der Waals surface area contributed by atoms with E-state index in [9.17, 15) is 9.90 Å². The summed E-state index contributed by atoms with van der Waals surface area (Å²) in [4.78, 5) is 13.3. The first-order valence-electron chi connectivity index (χ1n) is 6.37. The molecule has 106 valence electrons. The van der Waals surface area contributed by atoms with Crippen LogP contribution >= 0.6 is 0 Å². The number of nitrogens with zero attached hydrogens (tertiary/aromatic N) is 1. The Bertz CT molecular complexity index is 444. The Morgan fingerprint density at radius 1 is 1.42 bits per heavy atom. The van der Waals surface area contributed by atoms with Gasteiger partial charge in [-0.25, -0.2) is 0 Å². The van der Waals surface area contributed by atoms with Gasteiger partial charge in [-0.05, 0) is 38.5 Å². The lowest BCUT2D eigenvalue weighted by molar-refractivity contribution is 0.0827. The standard InChI is InChI=1S/C14H23N3O2/c1-9(7-10(2)18)16-13-6-5-11(8-12(13)15)14(19)17(3)4/h5-6,8-10,16,18H,7,15H2,1-4H3. The van der Waals surface area contributed by atoms with Crippen molar-refractivity contribution in [3.63, 3.8) is 0 Å². The van der Waals surface area contributed by atoms with E-state index in [-0.39, 0.29) is 18.1 Å². The second-order valence-corrected chi connectivity index (χ2v) is 5.13. The van der Waals surface area contributed by atoms with Crippen molar-refractivity contribution in [2.45, 2.75) is 32.4 Å². The number of nitrogen functional groups attached to an aromatic ring is 1. The average molecular weight is 265 g/mol. The maximum atomic E-state index is 11.8. The average Bonchev–Trinajstić information content (AvgIpc) is 2.29. The molecule has 0 bridgehead atoms. The van der Waals surface area contributed by atoms with Gasteiger partial charge >= 0.3 is 0 Å². The summed E-state index contributed by atoms with van der Waals surface area (Å²) in [6.45, 7) is 3.73. The van der Waals surface area contributed by atoms with Gasteiger partial charge in [-0.1, -0.05) is 0 Å². The summed E-state index contributed by atoms with van der Waals surface area (Å²) in [6, 6.07) is 5.32. The minimum Gasteiger partial charge on any atom is -0.397 e. The number of anilines is 2. The molecule has 5 heteroatoms. The molecule has 0 spiro atoms. The van der Waals surface area contributed by atoms with Gasteiger partial charge in [-0.15, -0.1) is 0 Å². The molecule has 19 heavy (non-hydrogen) atoms.